The van der Waals surface area contributed by atoms with Gasteiger partial charge in [0.25, 0.3) is 5.91 Å². The zero-order valence-electron chi connectivity index (χ0n) is 16.6. The molecule has 0 N–H and O–H groups in total. The fraction of sp³-hybridized carbons (Fsp3) is 0.524. The highest BCUT2D eigenvalue weighted by Gasteiger charge is 2.56. The maximum atomic E-state index is 13.1. The van der Waals surface area contributed by atoms with Gasteiger partial charge in [0.05, 0.1) is 12.7 Å². The lowest BCUT2D eigenvalue weighted by atomic mass is 10.1. The molecular formula is C21H24ClF3N4O. The summed E-state index contributed by atoms with van der Waals surface area (Å²) in [7, 11) is 1.81. The number of carbonyl (C=O) groups is 1. The number of halogens is 4. The number of piperidine rings is 1. The fourth-order valence-electron chi connectivity index (χ4n) is 4.49. The molecule has 2 atom stereocenters. The van der Waals surface area contributed by atoms with Crippen molar-refractivity contribution in [2.24, 2.45) is 24.8 Å². The Kier molecular flexibility index (Phi) is 5.81. The summed E-state index contributed by atoms with van der Waals surface area (Å²) < 4.78 is 39.1. The third-order valence-electron chi connectivity index (χ3n) is 6.06. The van der Waals surface area contributed by atoms with Crippen molar-refractivity contribution in [3.05, 3.63) is 53.1 Å². The van der Waals surface area contributed by atoms with Crippen LogP contribution in [-0.2, 0) is 13.6 Å². The molecule has 1 saturated heterocycles. The number of aryl methyl sites for hydroxylation is 1. The van der Waals surface area contributed by atoms with Crippen LogP contribution in [0.5, 0.6) is 0 Å². The maximum Gasteiger partial charge on any atom is 0.390 e. The van der Waals surface area contributed by atoms with Gasteiger partial charge in [-0.15, -0.1) is 0 Å². The summed E-state index contributed by atoms with van der Waals surface area (Å²) in [6, 6.07) is 7.41. The van der Waals surface area contributed by atoms with Crippen LogP contribution in [0.3, 0.4) is 0 Å². The van der Waals surface area contributed by atoms with Gasteiger partial charge in [-0.1, -0.05) is 23.7 Å². The van der Waals surface area contributed by atoms with E-state index in [9.17, 15) is 18.0 Å². The lowest BCUT2D eigenvalue weighted by Crippen LogP contribution is -2.35. The van der Waals surface area contributed by atoms with Crippen LogP contribution in [0.15, 0.2) is 36.8 Å². The molecule has 2 aromatic rings. The molecule has 2 unspecified atom stereocenters. The van der Waals surface area contributed by atoms with Gasteiger partial charge in [0, 0.05) is 51.0 Å². The van der Waals surface area contributed by atoms with E-state index in [-0.39, 0.29) is 12.5 Å². The number of nitrogens with zero attached hydrogens (tertiary/aromatic N) is 4. The van der Waals surface area contributed by atoms with Crippen LogP contribution in [-0.4, -0.2) is 57.6 Å². The molecule has 2 fully saturated rings. The molecule has 9 heteroatoms. The van der Waals surface area contributed by atoms with E-state index >= 15 is 0 Å². The molecule has 1 saturated carbocycles. The number of rotatable bonds is 7. The third-order valence-corrected chi connectivity index (χ3v) is 6.30. The smallest absolute Gasteiger partial charge is 0.340 e. The average molecular weight is 441 g/mol. The van der Waals surface area contributed by atoms with Crippen molar-refractivity contribution < 1.29 is 18.0 Å². The van der Waals surface area contributed by atoms with Gasteiger partial charge in [-0.2, -0.15) is 13.2 Å². The highest BCUT2D eigenvalue weighted by Crippen LogP contribution is 2.52. The van der Waals surface area contributed by atoms with Crippen LogP contribution in [0.1, 0.15) is 22.5 Å². The standard InChI is InChI=1S/C21H24ClF3N4O/c1-27-12-19(26-13-27)20(30)29(8-14-3-2-4-15(22)7-14)11-18-16-9-28(10-17(16)18)6-5-21(23,24)25/h2-4,7,12-13,16-18H,5-6,8-11H2,1H3. The first kappa shape index (κ1) is 21.2. The van der Waals surface area contributed by atoms with Crippen LogP contribution in [0.25, 0.3) is 0 Å². The Morgan fingerprint density at radius 1 is 1.30 bits per heavy atom. The zero-order valence-corrected chi connectivity index (χ0v) is 17.4. The Morgan fingerprint density at radius 2 is 2.03 bits per heavy atom. The van der Waals surface area contributed by atoms with Gasteiger partial charge in [0.1, 0.15) is 5.69 Å². The van der Waals surface area contributed by atoms with Gasteiger partial charge in [0.2, 0.25) is 0 Å². The fourth-order valence-corrected chi connectivity index (χ4v) is 4.70. The Bertz CT molecular complexity index is 904. The number of amides is 1. The number of alkyl halides is 3. The highest BCUT2D eigenvalue weighted by atomic mass is 35.5. The Hall–Kier alpha value is -2.06. The molecule has 1 aromatic carbocycles. The molecule has 2 heterocycles. The summed E-state index contributed by atoms with van der Waals surface area (Å²) in [5, 5.41) is 0.612. The largest absolute Gasteiger partial charge is 0.390 e. The number of carbonyl (C=O) groups excluding carboxylic acids is 1. The predicted octanol–water partition coefficient (Wildman–Crippen LogP) is 3.85. The molecule has 162 valence electrons. The first-order chi connectivity index (χ1) is 14.2. The SMILES string of the molecule is Cn1cnc(C(=O)N(Cc2cccc(Cl)c2)CC2C3CN(CCC(F)(F)F)CC32)c1. The molecule has 1 aromatic heterocycles. The van der Waals surface area contributed by atoms with Crippen LogP contribution < -0.4 is 0 Å². The van der Waals surface area contributed by atoms with E-state index in [4.69, 9.17) is 11.6 Å². The summed E-state index contributed by atoms with van der Waals surface area (Å²) in [6.07, 6.45) is -1.60. The Labute approximate surface area is 178 Å². The second kappa shape index (κ2) is 8.23. The van der Waals surface area contributed by atoms with Gasteiger partial charge in [-0.25, -0.2) is 4.98 Å². The van der Waals surface area contributed by atoms with Gasteiger partial charge < -0.3 is 14.4 Å². The third kappa shape index (κ3) is 4.98. The molecule has 0 radical (unpaired) electrons. The van der Waals surface area contributed by atoms with Gasteiger partial charge in [-0.05, 0) is 35.4 Å². The van der Waals surface area contributed by atoms with Gasteiger partial charge in [-0.3, -0.25) is 4.79 Å². The molecule has 1 aliphatic heterocycles. The summed E-state index contributed by atoms with van der Waals surface area (Å²) in [4.78, 5) is 21.0. The first-order valence-corrected chi connectivity index (χ1v) is 10.4. The van der Waals surface area contributed by atoms with Crippen LogP contribution >= 0.6 is 11.6 Å². The van der Waals surface area contributed by atoms with Crippen LogP contribution in [0, 0.1) is 17.8 Å². The average Bonchev–Trinajstić information content (AvgIpc) is 3.02. The Morgan fingerprint density at radius 3 is 2.63 bits per heavy atom. The van der Waals surface area contributed by atoms with Crippen molar-refractivity contribution in [2.75, 3.05) is 26.2 Å². The lowest BCUT2D eigenvalue weighted by Gasteiger charge is -2.25. The minimum atomic E-state index is -4.12. The molecule has 1 amide bonds. The number of hydrogen-bond donors (Lipinski definition) is 0. The topological polar surface area (TPSA) is 41.4 Å². The number of benzene rings is 1. The van der Waals surface area contributed by atoms with Crippen LogP contribution in [0.4, 0.5) is 13.2 Å². The number of likely N-dealkylation sites (tertiary alicyclic amines) is 1. The minimum absolute atomic E-state index is 0.0579. The van der Waals surface area contributed by atoms with E-state index in [2.05, 4.69) is 4.98 Å². The second-order valence-corrected chi connectivity index (χ2v) is 8.79. The number of aromatic nitrogens is 2. The molecule has 1 aliphatic carbocycles. The molecule has 0 bridgehead atoms. The van der Waals surface area contributed by atoms with Crippen molar-refractivity contribution in [1.82, 2.24) is 19.4 Å². The van der Waals surface area contributed by atoms with Gasteiger partial charge in [0.15, 0.2) is 0 Å². The van der Waals surface area contributed by atoms with E-state index in [0.29, 0.717) is 54.6 Å². The number of imidazole rings is 1. The maximum absolute atomic E-state index is 13.1. The van der Waals surface area contributed by atoms with E-state index in [1.807, 2.05) is 30.1 Å². The second-order valence-electron chi connectivity index (χ2n) is 8.36. The van der Waals surface area contributed by atoms with Crippen molar-refractivity contribution >= 4 is 17.5 Å². The lowest BCUT2D eigenvalue weighted by molar-refractivity contribution is -0.137. The highest BCUT2D eigenvalue weighted by molar-refractivity contribution is 6.30. The summed E-state index contributed by atoms with van der Waals surface area (Å²) in [5.74, 6) is 0.890. The summed E-state index contributed by atoms with van der Waals surface area (Å²) in [6.45, 7) is 2.40. The molecular weight excluding hydrogens is 417 g/mol. The van der Waals surface area contributed by atoms with Crippen molar-refractivity contribution in [3.63, 3.8) is 0 Å². The van der Waals surface area contributed by atoms with E-state index < -0.39 is 12.6 Å². The van der Waals surface area contributed by atoms with Crippen molar-refractivity contribution in [3.8, 4) is 0 Å². The molecule has 0 spiro atoms. The molecule has 30 heavy (non-hydrogen) atoms. The molecule has 2 aliphatic rings. The minimum Gasteiger partial charge on any atom is -0.340 e. The Balaban J connectivity index is 1.40. The monoisotopic (exact) mass is 440 g/mol. The van der Waals surface area contributed by atoms with E-state index in [1.54, 1.807) is 28.1 Å². The van der Waals surface area contributed by atoms with E-state index in [0.717, 1.165) is 5.56 Å². The zero-order chi connectivity index (χ0) is 21.5. The quantitative estimate of drug-likeness (QED) is 0.656. The number of fused-ring (bicyclic) bond motifs is 1. The van der Waals surface area contributed by atoms with Crippen molar-refractivity contribution in [2.45, 2.75) is 19.1 Å². The first-order valence-electron chi connectivity index (χ1n) is 10.0. The molecule has 4 rings (SSSR count). The predicted molar refractivity (Wildman–Crippen MR) is 107 cm³/mol. The summed E-state index contributed by atoms with van der Waals surface area (Å²) >= 11 is 6.10. The van der Waals surface area contributed by atoms with Crippen LogP contribution in [0.2, 0.25) is 5.02 Å². The van der Waals surface area contributed by atoms with E-state index in [1.165, 1.54) is 0 Å². The molecule has 5 nitrogen and oxygen atoms in total. The number of hydrogen-bond acceptors (Lipinski definition) is 3. The normalized spacial score (nSPS) is 23.4. The summed E-state index contributed by atoms with van der Waals surface area (Å²) in [5.41, 5.74) is 1.32. The van der Waals surface area contributed by atoms with Gasteiger partial charge >= 0.3 is 6.18 Å². The van der Waals surface area contributed by atoms with Crippen molar-refractivity contribution in [1.29, 1.82) is 0 Å².